The molecule has 11 aromatic rings. The zero-order chi connectivity index (χ0) is 95.0. The van der Waals surface area contributed by atoms with Crippen LogP contribution in [-0.4, -0.2) is 33.4 Å². The van der Waals surface area contributed by atoms with Crippen LogP contribution in [0.5, 0.6) is 11.5 Å². The van der Waals surface area contributed by atoms with E-state index in [1.165, 1.54) is 165 Å². The van der Waals surface area contributed by atoms with Gasteiger partial charge in [0.2, 0.25) is 0 Å². The van der Waals surface area contributed by atoms with Gasteiger partial charge in [0.15, 0.2) is 20.2 Å². The number of thiophene rings is 4. The van der Waals surface area contributed by atoms with Crippen LogP contribution in [-0.2, 0) is 36.5 Å². The number of allylic oxidation sites excluding steroid dienone is 6. The zero-order valence-electron chi connectivity index (χ0n) is 78.3. The van der Waals surface area contributed by atoms with Crippen LogP contribution in [0.2, 0.25) is 0 Å². The number of carbonyl (C=O) groups is 2. The van der Waals surface area contributed by atoms with Crippen molar-refractivity contribution in [1.82, 2.24) is 0 Å². The summed E-state index contributed by atoms with van der Waals surface area (Å²) in [7, 11) is 0. The lowest BCUT2D eigenvalue weighted by molar-refractivity contribution is 0.103. The number of hydrogen-bond donors (Lipinski definition) is 0. The fraction of sp³-hybridized carbons (Fsp3) is 0.379. The van der Waals surface area contributed by atoms with Crippen LogP contribution in [0, 0.1) is 57.2 Å². The van der Waals surface area contributed by atoms with Crippen molar-refractivity contribution in [2.75, 3.05) is 13.2 Å². The Kier molecular flexibility index (Phi) is 37.6. The average Bonchev–Trinajstić information content (AvgIpc) is 1.50. The highest BCUT2D eigenvalue weighted by molar-refractivity contribution is 7.25. The summed E-state index contributed by atoms with van der Waals surface area (Å²) < 4.78 is 13.1. The second kappa shape index (κ2) is 49.3. The van der Waals surface area contributed by atoms with Crippen molar-refractivity contribution in [1.29, 1.82) is 21.0 Å². The molecule has 0 amide bonds. The number of nitrogens with zero attached hydrogens (tertiary/aromatic N) is 4. The summed E-state index contributed by atoms with van der Waals surface area (Å²) in [4.78, 5) is 37.7. The van der Waals surface area contributed by atoms with Gasteiger partial charge in [0.05, 0.1) is 33.8 Å². The minimum absolute atomic E-state index is 0.0974. The number of benzene rings is 7. The van der Waals surface area contributed by atoms with Crippen molar-refractivity contribution in [3.63, 3.8) is 0 Å². The molecule has 2 atom stereocenters. The average molecular weight is 1980 g/mol. The molecular weight excluding hydrogens is 1850 g/mol. The van der Waals surface area contributed by atoms with Crippen molar-refractivity contribution in [2.45, 2.75) is 255 Å². The Morgan fingerprint density at radius 3 is 0.910 bits per heavy atom. The molecule has 4 aliphatic rings. The molecule has 4 heterocycles. The largest absolute Gasteiger partial charge is 0.492 e. The van der Waals surface area contributed by atoms with E-state index in [0.717, 1.165) is 143 Å². The Morgan fingerprint density at radius 2 is 0.634 bits per heavy atom. The van der Waals surface area contributed by atoms with Gasteiger partial charge in [-0.15, -0.1) is 45.3 Å². The number of rotatable bonds is 42. The van der Waals surface area contributed by atoms with E-state index in [-0.39, 0.29) is 22.7 Å². The number of ketones is 2. The highest BCUT2D eigenvalue weighted by atomic mass is 35.6. The fourth-order valence-electron chi connectivity index (χ4n) is 19.8. The number of unbranched alkanes of at least 4 members (excludes halogenated alkanes) is 14. The molecule has 18 heteroatoms. The number of alkyl halides is 6. The van der Waals surface area contributed by atoms with E-state index in [0.29, 0.717) is 69.6 Å². The van der Waals surface area contributed by atoms with Gasteiger partial charge in [-0.1, -0.05) is 386 Å². The zero-order valence-corrected chi connectivity index (χ0v) is 86.1. The Labute approximate surface area is 841 Å². The van der Waals surface area contributed by atoms with Crippen LogP contribution in [0.4, 0.5) is 0 Å². The summed E-state index contributed by atoms with van der Waals surface area (Å²) in [6, 6.07) is 76.5. The van der Waals surface area contributed by atoms with Gasteiger partial charge in [-0.2, -0.15) is 21.0 Å². The fourth-order valence-corrected chi connectivity index (χ4v) is 24.6. The normalized spacial score (nSPS) is 14.4. The van der Waals surface area contributed by atoms with E-state index in [4.69, 9.17) is 79.1 Å². The maximum absolute atomic E-state index is 14.9. The second-order valence-electron chi connectivity index (χ2n) is 35.6. The standard InChI is InChI=1S/C114H118N4O4S4.2CHCl3/c1-9-17-23-27-37-77-45-53-83(54-46-77)113(84-55-47-78(48-56-84)38-28-24-18-10-2)97-65-94-98(66-93(97)109-99(113)67-103(125-109)111-101(121-73-75(15-7)35-21-13-5)63-87(123-111)61-95-105(81(69-115)70-116)89-41-31-33-43-91(89)107(95)119)114(85-57-49-79(50-58-85)39-29-25-19-11-3,86-59-51-80(52-60-86)40-30-26-20-12-4)100-68-104(126-110(94)100)112-102(122-74-76(16-8)36-22-14-6)64-88(124-112)62-96-106(82(71-117)72-118)90-42-32-34-44-92(90)108(96)120;2*2-1(3)4/h31-34,41-68,75-76H,9-30,35-40,73-74H2,1-8H3;2*1H/b95-61-,96-62-;;/t75-,76+;;. The van der Waals surface area contributed by atoms with Gasteiger partial charge in [0.25, 0.3) is 0 Å². The van der Waals surface area contributed by atoms with Crippen LogP contribution >= 0.6 is 115 Å². The maximum Gasteiger partial charge on any atom is 0.194 e. The second-order valence-corrected chi connectivity index (χ2v) is 43.9. The topological polar surface area (TPSA) is 148 Å². The van der Waals surface area contributed by atoms with Crippen LogP contribution in [0.1, 0.15) is 318 Å². The lowest BCUT2D eigenvalue weighted by Crippen LogP contribution is -2.30. The third-order valence-corrected chi connectivity index (χ3v) is 31.7. The summed E-state index contributed by atoms with van der Waals surface area (Å²) in [5.74, 6) is 1.68. The van der Waals surface area contributed by atoms with Gasteiger partial charge in [-0.25, -0.2) is 0 Å². The van der Waals surface area contributed by atoms with Crippen LogP contribution in [0.3, 0.4) is 0 Å². The first-order valence-electron chi connectivity index (χ1n) is 48.3. The number of halogens is 6. The Balaban J connectivity index is 0.00000183. The predicted molar refractivity (Wildman–Crippen MR) is 569 cm³/mol. The first kappa shape index (κ1) is 102. The van der Waals surface area contributed by atoms with E-state index < -0.39 is 19.4 Å². The molecule has 4 aromatic heterocycles. The summed E-state index contributed by atoms with van der Waals surface area (Å²) in [6.45, 7) is 19.2. The Bertz CT molecular complexity index is 5700. The lowest BCUT2D eigenvalue weighted by Gasteiger charge is -2.35. The summed E-state index contributed by atoms with van der Waals surface area (Å²) >= 11 is 35.7. The van der Waals surface area contributed by atoms with Crippen molar-refractivity contribution >= 4 is 150 Å². The highest BCUT2D eigenvalue weighted by Gasteiger charge is 2.54. The smallest absolute Gasteiger partial charge is 0.194 e. The van der Waals surface area contributed by atoms with Crippen molar-refractivity contribution in [3.05, 3.63) is 303 Å². The van der Waals surface area contributed by atoms with E-state index >= 15 is 0 Å². The van der Waals surface area contributed by atoms with E-state index in [1.54, 1.807) is 34.8 Å². The molecule has 15 rings (SSSR count). The van der Waals surface area contributed by atoms with Crippen molar-refractivity contribution in [2.24, 2.45) is 11.8 Å². The lowest BCUT2D eigenvalue weighted by atomic mass is 9.65. The number of carbonyl (C=O) groups excluding carboxylic acids is 2. The molecule has 0 saturated carbocycles. The summed E-state index contributed by atoms with van der Waals surface area (Å²) in [5.41, 5.74) is 18.8. The highest BCUT2D eigenvalue weighted by Crippen LogP contribution is 2.67. The van der Waals surface area contributed by atoms with Gasteiger partial charge in [0, 0.05) is 62.7 Å². The minimum Gasteiger partial charge on any atom is -0.492 e. The maximum atomic E-state index is 14.9. The molecule has 0 aliphatic heterocycles. The molecule has 0 radical (unpaired) electrons. The number of fused-ring (bicyclic) bond motifs is 8. The molecule has 4 aliphatic carbocycles. The molecule has 134 heavy (non-hydrogen) atoms. The van der Waals surface area contributed by atoms with Gasteiger partial charge in [-0.3, -0.25) is 9.59 Å². The predicted octanol–water partition coefficient (Wildman–Crippen LogP) is 35.8. The third kappa shape index (κ3) is 22.8. The van der Waals surface area contributed by atoms with Gasteiger partial charge >= 0.3 is 0 Å². The van der Waals surface area contributed by atoms with E-state index in [2.05, 4.69) is 213 Å². The first-order chi connectivity index (χ1) is 65.2. The van der Waals surface area contributed by atoms with Crippen LogP contribution < -0.4 is 9.47 Å². The van der Waals surface area contributed by atoms with Gasteiger partial charge in [0.1, 0.15) is 46.9 Å². The molecule has 0 fully saturated rings. The quantitative estimate of drug-likeness (QED) is 0.0159. The molecule has 0 spiro atoms. The summed E-state index contributed by atoms with van der Waals surface area (Å²) in [6.07, 6.45) is 34.8. The van der Waals surface area contributed by atoms with Crippen molar-refractivity contribution < 1.29 is 19.1 Å². The van der Waals surface area contributed by atoms with Crippen LogP contribution in [0.15, 0.2) is 204 Å². The van der Waals surface area contributed by atoms with Gasteiger partial charge < -0.3 is 9.47 Å². The molecule has 0 unspecified atom stereocenters. The first-order valence-corrected chi connectivity index (χ1v) is 54.2. The molecule has 0 saturated heterocycles. The van der Waals surface area contributed by atoms with Crippen molar-refractivity contribution in [3.8, 4) is 76.2 Å². The number of ether oxygens (including phenoxy) is 2. The van der Waals surface area contributed by atoms with E-state index in [9.17, 15) is 30.6 Å². The molecule has 0 N–H and O–H groups in total. The van der Waals surface area contributed by atoms with E-state index in [1.807, 2.05) is 71.2 Å². The third-order valence-electron chi connectivity index (χ3n) is 26.9. The molecule has 0 bridgehead atoms. The van der Waals surface area contributed by atoms with Crippen LogP contribution in [0.25, 0.3) is 63.7 Å². The molecule has 8 nitrogen and oxygen atoms in total. The Morgan fingerprint density at radius 1 is 0.343 bits per heavy atom. The Hall–Kier alpha value is -9.06. The number of Topliss-reactive ketones (excluding diaryl/α,β-unsaturated/α-hetero) is 2. The van der Waals surface area contributed by atoms with Gasteiger partial charge in [-0.05, 0) is 214 Å². The SMILES string of the molecule is CCCCCCc1ccc(C2(c3ccc(CCCCCC)cc3)c3cc4c(cc3-c3sc(-c5sc(/C=C6\C(=O)c7ccccc7C6=C(C#N)C#N)cc5OC[C@H](CC)CCCC)cc32)C(c2ccc(CCCCCC)cc2)(c2ccc(CCCCCC)cc2)c2cc(-c3sc(/C=C5\C(=O)c6ccccc6C5=C(C#N)C#N)cc3OC[C@@H](CC)CCCC)sc2-4)cc1.ClC(Cl)Cl.ClC(Cl)Cl. The monoisotopic (exact) mass is 1970 g/mol. The molecule has 694 valence electrons. The molecule has 7 aromatic carbocycles. The number of hydrogen-bond acceptors (Lipinski definition) is 12. The number of nitriles is 4. The molecular formula is C116H120Cl6N4O4S4. The minimum atomic E-state index is -0.879. The number of aryl methyl sites for hydroxylation is 4. The summed E-state index contributed by atoms with van der Waals surface area (Å²) in [5, 5.41) is 42.3.